The van der Waals surface area contributed by atoms with Crippen LogP contribution in [0.2, 0.25) is 0 Å². The number of ether oxygens (including phenoxy) is 1. The van der Waals surface area contributed by atoms with E-state index in [1.165, 1.54) is 24.3 Å². The molecule has 1 aromatic heterocycles. The first-order valence-corrected chi connectivity index (χ1v) is 7.97. The molecule has 1 heterocycles. The van der Waals surface area contributed by atoms with Crippen LogP contribution in [0.1, 0.15) is 11.1 Å². The van der Waals surface area contributed by atoms with Gasteiger partial charge >= 0.3 is 0 Å². The number of nitrogens with one attached hydrogen (secondary N) is 1. The van der Waals surface area contributed by atoms with Gasteiger partial charge in [0.25, 0.3) is 5.69 Å². The van der Waals surface area contributed by atoms with Crippen LogP contribution in [-0.4, -0.2) is 16.1 Å². The number of pyridine rings is 1. The van der Waals surface area contributed by atoms with E-state index in [0.717, 1.165) is 17.3 Å². The number of rotatable bonds is 7. The molecule has 2 aromatic carbocycles. The molecular weight excluding hydrogens is 351 g/mol. The van der Waals surface area contributed by atoms with Gasteiger partial charge in [0.1, 0.15) is 30.2 Å². The van der Waals surface area contributed by atoms with E-state index in [1.54, 1.807) is 30.5 Å². The quantitative estimate of drug-likeness (QED) is 0.385. The molecule has 7 nitrogen and oxygen atoms in total. The summed E-state index contributed by atoms with van der Waals surface area (Å²) in [5.74, 6) is 0.803. The molecule has 0 bridgehead atoms. The summed E-state index contributed by atoms with van der Waals surface area (Å²) in [6.45, 7) is 0.348. The Labute approximate surface area is 154 Å². The summed E-state index contributed by atoms with van der Waals surface area (Å²) < 4.78 is 18.5. The van der Waals surface area contributed by atoms with Crippen molar-refractivity contribution in [1.29, 1.82) is 0 Å². The molecule has 3 aromatic rings. The molecule has 0 amide bonds. The van der Waals surface area contributed by atoms with Crippen LogP contribution in [0.5, 0.6) is 5.75 Å². The van der Waals surface area contributed by atoms with Gasteiger partial charge in [0, 0.05) is 6.07 Å². The van der Waals surface area contributed by atoms with Crippen LogP contribution in [0.3, 0.4) is 0 Å². The highest BCUT2D eigenvalue weighted by atomic mass is 19.1. The monoisotopic (exact) mass is 366 g/mol. The van der Waals surface area contributed by atoms with Gasteiger partial charge in [0.05, 0.1) is 11.1 Å². The van der Waals surface area contributed by atoms with Crippen molar-refractivity contribution in [3.63, 3.8) is 0 Å². The molecular formula is C19H15FN4O3. The third-order valence-corrected chi connectivity index (χ3v) is 3.55. The number of hydrogen-bond donors (Lipinski definition) is 1. The van der Waals surface area contributed by atoms with Crippen molar-refractivity contribution in [1.82, 2.24) is 4.98 Å². The van der Waals surface area contributed by atoms with Crippen molar-refractivity contribution in [2.45, 2.75) is 6.61 Å². The lowest BCUT2D eigenvalue weighted by molar-refractivity contribution is -0.385. The molecule has 0 aliphatic rings. The lowest BCUT2D eigenvalue weighted by atomic mass is 10.2. The van der Waals surface area contributed by atoms with E-state index in [2.05, 4.69) is 15.5 Å². The van der Waals surface area contributed by atoms with E-state index in [4.69, 9.17) is 4.74 Å². The number of benzene rings is 2. The van der Waals surface area contributed by atoms with Crippen LogP contribution in [-0.2, 0) is 6.61 Å². The average molecular weight is 366 g/mol. The molecule has 0 aliphatic carbocycles. The van der Waals surface area contributed by atoms with E-state index in [-0.39, 0.29) is 11.5 Å². The standard InChI is InChI=1S/C19H15FN4O3/c20-16-5-1-15(2-6-16)13-27-18-8-3-14(4-9-18)11-22-23-19-10-7-17(12-21-19)24(25)26/h1-12H,13H2,(H,21,23)/b22-11-. The largest absolute Gasteiger partial charge is 0.489 e. The van der Waals surface area contributed by atoms with Gasteiger partial charge in [-0.25, -0.2) is 9.37 Å². The van der Waals surface area contributed by atoms with E-state index in [1.807, 2.05) is 12.1 Å². The van der Waals surface area contributed by atoms with Gasteiger partial charge in [-0.3, -0.25) is 15.5 Å². The third kappa shape index (κ3) is 5.33. The number of nitrogens with zero attached hydrogens (tertiary/aromatic N) is 3. The van der Waals surface area contributed by atoms with Crippen molar-refractivity contribution in [2.75, 3.05) is 5.43 Å². The van der Waals surface area contributed by atoms with Crippen molar-refractivity contribution < 1.29 is 14.1 Å². The summed E-state index contributed by atoms with van der Waals surface area (Å²) in [6, 6.07) is 16.2. The maximum atomic E-state index is 12.9. The number of aromatic nitrogens is 1. The zero-order valence-corrected chi connectivity index (χ0v) is 14.1. The van der Waals surface area contributed by atoms with E-state index < -0.39 is 4.92 Å². The zero-order valence-electron chi connectivity index (χ0n) is 14.1. The molecule has 0 saturated heterocycles. The Morgan fingerprint density at radius 2 is 1.85 bits per heavy atom. The maximum absolute atomic E-state index is 12.9. The van der Waals surface area contributed by atoms with Crippen LogP contribution >= 0.6 is 0 Å². The fraction of sp³-hybridized carbons (Fsp3) is 0.0526. The Bertz CT molecular complexity index is 927. The van der Waals surface area contributed by atoms with Crippen LogP contribution in [0.4, 0.5) is 15.9 Å². The first kappa shape index (κ1) is 18.0. The molecule has 0 aliphatic heterocycles. The predicted octanol–water partition coefficient (Wildman–Crippen LogP) is 4.15. The topological polar surface area (TPSA) is 89.7 Å². The number of halogens is 1. The lowest BCUT2D eigenvalue weighted by Gasteiger charge is -2.06. The van der Waals surface area contributed by atoms with Crippen molar-refractivity contribution in [3.05, 3.63) is 93.9 Å². The Kier molecular flexibility index (Phi) is 5.68. The van der Waals surface area contributed by atoms with Gasteiger partial charge in [0.2, 0.25) is 0 Å². The minimum absolute atomic E-state index is 0.0826. The molecule has 0 fully saturated rings. The highest BCUT2D eigenvalue weighted by Crippen LogP contribution is 2.14. The van der Waals surface area contributed by atoms with Gasteiger partial charge in [-0.2, -0.15) is 5.10 Å². The van der Waals surface area contributed by atoms with Gasteiger partial charge in [0.15, 0.2) is 0 Å². The van der Waals surface area contributed by atoms with Gasteiger partial charge in [-0.05, 0) is 53.6 Å². The van der Waals surface area contributed by atoms with Crippen molar-refractivity contribution in [3.8, 4) is 5.75 Å². The minimum atomic E-state index is -0.514. The van der Waals surface area contributed by atoms with Gasteiger partial charge in [-0.1, -0.05) is 12.1 Å². The third-order valence-electron chi connectivity index (χ3n) is 3.55. The Morgan fingerprint density at radius 1 is 1.11 bits per heavy atom. The Morgan fingerprint density at radius 3 is 2.48 bits per heavy atom. The second kappa shape index (κ2) is 8.52. The minimum Gasteiger partial charge on any atom is -0.489 e. The first-order valence-electron chi connectivity index (χ1n) is 7.97. The molecule has 0 radical (unpaired) electrons. The number of hydrazone groups is 1. The fourth-order valence-electron chi connectivity index (χ4n) is 2.13. The molecule has 136 valence electrons. The van der Waals surface area contributed by atoms with E-state index >= 15 is 0 Å². The van der Waals surface area contributed by atoms with E-state index in [0.29, 0.717) is 18.2 Å². The normalized spacial score (nSPS) is 10.7. The van der Waals surface area contributed by atoms with E-state index in [9.17, 15) is 14.5 Å². The zero-order chi connectivity index (χ0) is 19.1. The van der Waals surface area contributed by atoms with Gasteiger partial charge < -0.3 is 4.74 Å². The maximum Gasteiger partial charge on any atom is 0.287 e. The molecule has 1 N–H and O–H groups in total. The summed E-state index contributed by atoms with van der Waals surface area (Å²) in [7, 11) is 0. The molecule has 0 spiro atoms. The Hall–Kier alpha value is -3.81. The molecule has 0 atom stereocenters. The van der Waals surface area contributed by atoms with Crippen LogP contribution in [0.25, 0.3) is 0 Å². The summed E-state index contributed by atoms with van der Waals surface area (Å²) >= 11 is 0. The molecule has 8 heteroatoms. The number of anilines is 1. The van der Waals surface area contributed by atoms with Crippen LogP contribution < -0.4 is 10.2 Å². The summed E-state index contributed by atoms with van der Waals surface area (Å²) in [6.07, 6.45) is 2.75. The highest BCUT2D eigenvalue weighted by Gasteiger charge is 2.04. The highest BCUT2D eigenvalue weighted by molar-refractivity contribution is 5.80. The fourth-order valence-corrected chi connectivity index (χ4v) is 2.13. The van der Waals surface area contributed by atoms with Gasteiger partial charge in [-0.15, -0.1) is 0 Å². The molecule has 27 heavy (non-hydrogen) atoms. The first-order chi connectivity index (χ1) is 13.1. The van der Waals surface area contributed by atoms with Crippen molar-refractivity contribution in [2.24, 2.45) is 5.10 Å². The average Bonchev–Trinajstić information content (AvgIpc) is 2.69. The Balaban J connectivity index is 1.51. The second-order valence-electron chi connectivity index (χ2n) is 5.51. The summed E-state index contributed by atoms with van der Waals surface area (Å²) in [5.41, 5.74) is 4.32. The lowest BCUT2D eigenvalue weighted by Crippen LogP contribution is -1.96. The number of nitro groups is 1. The molecule has 3 rings (SSSR count). The summed E-state index contributed by atoms with van der Waals surface area (Å²) in [4.78, 5) is 13.9. The van der Waals surface area contributed by atoms with Crippen LogP contribution in [0, 0.1) is 15.9 Å². The number of hydrogen-bond acceptors (Lipinski definition) is 6. The smallest absolute Gasteiger partial charge is 0.287 e. The molecule has 0 saturated carbocycles. The van der Waals surface area contributed by atoms with Crippen LogP contribution in [0.15, 0.2) is 72.0 Å². The summed E-state index contributed by atoms with van der Waals surface area (Å²) in [5, 5.41) is 14.6. The second-order valence-corrected chi connectivity index (χ2v) is 5.51. The molecule has 0 unspecified atom stereocenters. The predicted molar refractivity (Wildman–Crippen MR) is 99.3 cm³/mol. The van der Waals surface area contributed by atoms with Crippen molar-refractivity contribution >= 4 is 17.7 Å². The SMILES string of the molecule is O=[N+]([O-])c1ccc(N/N=C\c2ccc(OCc3ccc(F)cc3)cc2)nc1.